The summed E-state index contributed by atoms with van der Waals surface area (Å²) in [5.74, 6) is 1.72. The highest BCUT2D eigenvalue weighted by Crippen LogP contribution is 2.20. The van der Waals surface area contributed by atoms with Crippen molar-refractivity contribution in [3.8, 4) is 0 Å². The van der Waals surface area contributed by atoms with Crippen molar-refractivity contribution in [3.63, 3.8) is 0 Å². The van der Waals surface area contributed by atoms with Gasteiger partial charge in [-0.2, -0.15) is 0 Å². The van der Waals surface area contributed by atoms with Gasteiger partial charge < -0.3 is 19.6 Å². The Kier molecular flexibility index (Phi) is 5.81. The number of rotatable bonds is 4. The van der Waals surface area contributed by atoms with Crippen LogP contribution in [0.15, 0.2) is 39.8 Å². The van der Waals surface area contributed by atoms with E-state index in [1.807, 2.05) is 31.3 Å². The molecule has 1 fully saturated rings. The normalized spacial score (nSPS) is 15.6. The van der Waals surface area contributed by atoms with Crippen molar-refractivity contribution in [2.45, 2.75) is 19.9 Å². The Morgan fingerprint density at radius 1 is 1.28 bits per heavy atom. The van der Waals surface area contributed by atoms with E-state index in [4.69, 9.17) is 16.1 Å². The lowest BCUT2D eigenvalue weighted by Gasteiger charge is -2.37. The highest BCUT2D eigenvalue weighted by atomic mass is 35.5. The van der Waals surface area contributed by atoms with Gasteiger partial charge in [-0.05, 0) is 24.6 Å². The van der Waals surface area contributed by atoms with Crippen LogP contribution in [0.1, 0.15) is 18.4 Å². The largest absolute Gasteiger partial charge is 0.368 e. The molecule has 1 N–H and O–H groups in total. The van der Waals surface area contributed by atoms with Gasteiger partial charge in [0.25, 0.3) is 0 Å². The molecule has 0 unspecified atom stereocenters. The van der Waals surface area contributed by atoms with Crippen LogP contribution in [0.3, 0.4) is 0 Å². The summed E-state index contributed by atoms with van der Waals surface area (Å²) in [6.45, 7) is 6.33. The van der Waals surface area contributed by atoms with Crippen molar-refractivity contribution in [1.82, 2.24) is 15.4 Å². The highest BCUT2D eigenvalue weighted by Gasteiger charge is 2.20. The zero-order chi connectivity index (χ0) is 17.6. The molecule has 7 heteroatoms. The molecule has 134 valence electrons. The summed E-state index contributed by atoms with van der Waals surface area (Å²) < 4.78 is 5.32. The first-order valence-corrected chi connectivity index (χ1v) is 8.98. The first-order valence-electron chi connectivity index (χ1n) is 8.60. The van der Waals surface area contributed by atoms with E-state index in [2.05, 4.69) is 38.3 Å². The molecular formula is C18H24ClN5O. The van der Waals surface area contributed by atoms with E-state index in [9.17, 15) is 0 Å². The number of hydrogen-bond donors (Lipinski definition) is 1. The molecule has 0 saturated carbocycles. The number of anilines is 1. The van der Waals surface area contributed by atoms with E-state index in [1.54, 1.807) is 0 Å². The van der Waals surface area contributed by atoms with Gasteiger partial charge in [0.1, 0.15) is 0 Å². The predicted octanol–water partition coefficient (Wildman–Crippen LogP) is 2.79. The van der Waals surface area contributed by atoms with Crippen molar-refractivity contribution < 1.29 is 4.52 Å². The minimum atomic E-state index is 0.591. The van der Waals surface area contributed by atoms with Gasteiger partial charge in [0.2, 0.25) is 0 Å². The summed E-state index contributed by atoms with van der Waals surface area (Å²) in [6.07, 6.45) is 0.879. The smallest absolute Gasteiger partial charge is 0.194 e. The lowest BCUT2D eigenvalue weighted by molar-refractivity contribution is 0.356. The minimum absolute atomic E-state index is 0.591. The van der Waals surface area contributed by atoms with Crippen molar-refractivity contribution in [1.29, 1.82) is 0 Å². The summed E-state index contributed by atoms with van der Waals surface area (Å²) >= 11 is 6.10. The van der Waals surface area contributed by atoms with Crippen molar-refractivity contribution in [2.24, 2.45) is 4.99 Å². The molecule has 0 spiro atoms. The number of benzene rings is 1. The molecule has 1 aliphatic rings. The standard InChI is InChI=1S/C18H24ClN5O/c1-3-15-12-17(25-22-15)13-21-18(20-2)24-9-7-23(8-10-24)16-6-4-5-14(19)11-16/h4-6,11-12H,3,7-10,13H2,1-2H3,(H,20,21). The van der Waals surface area contributed by atoms with Crippen LogP contribution in [0, 0.1) is 0 Å². The number of halogens is 1. The first-order chi connectivity index (χ1) is 12.2. The molecule has 1 aromatic heterocycles. The Morgan fingerprint density at radius 3 is 2.72 bits per heavy atom. The SMILES string of the molecule is CCc1cc(CNC(=NC)N2CCN(c3cccc(Cl)c3)CC2)on1. The Balaban J connectivity index is 1.53. The van der Waals surface area contributed by atoms with Crippen LogP contribution in [0.2, 0.25) is 5.02 Å². The van der Waals surface area contributed by atoms with Crippen LogP contribution in [0.5, 0.6) is 0 Å². The number of aryl methyl sites for hydroxylation is 1. The fourth-order valence-electron chi connectivity index (χ4n) is 2.95. The summed E-state index contributed by atoms with van der Waals surface area (Å²) in [5.41, 5.74) is 2.14. The third-order valence-corrected chi connectivity index (χ3v) is 4.59. The van der Waals surface area contributed by atoms with Crippen molar-refractivity contribution in [3.05, 3.63) is 46.8 Å². The molecular weight excluding hydrogens is 338 g/mol. The van der Waals surface area contributed by atoms with Crippen LogP contribution in [0.4, 0.5) is 5.69 Å². The second-order valence-corrected chi connectivity index (χ2v) is 6.43. The van der Waals surface area contributed by atoms with Gasteiger partial charge in [-0.25, -0.2) is 0 Å². The van der Waals surface area contributed by atoms with E-state index in [0.29, 0.717) is 6.54 Å². The molecule has 0 radical (unpaired) electrons. The fraction of sp³-hybridized carbons (Fsp3) is 0.444. The summed E-state index contributed by atoms with van der Waals surface area (Å²) in [4.78, 5) is 9.00. The summed E-state index contributed by atoms with van der Waals surface area (Å²) in [6, 6.07) is 9.99. The molecule has 1 saturated heterocycles. The zero-order valence-corrected chi connectivity index (χ0v) is 15.5. The van der Waals surface area contributed by atoms with Crippen molar-refractivity contribution in [2.75, 3.05) is 38.1 Å². The maximum Gasteiger partial charge on any atom is 0.194 e. The molecule has 2 aromatic rings. The Hall–Kier alpha value is -2.21. The van der Waals surface area contributed by atoms with Gasteiger partial charge >= 0.3 is 0 Å². The maximum atomic E-state index is 6.10. The monoisotopic (exact) mass is 361 g/mol. The van der Waals surface area contributed by atoms with Crippen LogP contribution in [0.25, 0.3) is 0 Å². The number of aromatic nitrogens is 1. The number of hydrogen-bond acceptors (Lipinski definition) is 4. The molecule has 0 atom stereocenters. The Morgan fingerprint density at radius 2 is 2.08 bits per heavy atom. The molecule has 2 heterocycles. The molecule has 25 heavy (non-hydrogen) atoms. The molecule has 6 nitrogen and oxygen atoms in total. The average Bonchev–Trinajstić information content (AvgIpc) is 3.11. The van der Waals surface area contributed by atoms with Gasteiger partial charge in [0.15, 0.2) is 11.7 Å². The average molecular weight is 362 g/mol. The number of piperazine rings is 1. The lowest BCUT2D eigenvalue weighted by atomic mass is 10.2. The number of nitrogens with zero attached hydrogens (tertiary/aromatic N) is 4. The molecule has 0 bridgehead atoms. The van der Waals surface area contributed by atoms with Crippen LogP contribution >= 0.6 is 11.6 Å². The van der Waals surface area contributed by atoms with E-state index >= 15 is 0 Å². The second-order valence-electron chi connectivity index (χ2n) is 5.99. The van der Waals surface area contributed by atoms with Gasteiger partial charge in [-0.3, -0.25) is 4.99 Å². The Labute approximate surface area is 153 Å². The quantitative estimate of drug-likeness (QED) is 0.670. The van der Waals surface area contributed by atoms with E-state index < -0.39 is 0 Å². The number of aliphatic imine (C=N–C) groups is 1. The first kappa shape index (κ1) is 17.6. The molecule has 0 amide bonds. The van der Waals surface area contributed by atoms with Crippen LogP contribution < -0.4 is 10.2 Å². The second kappa shape index (κ2) is 8.25. The van der Waals surface area contributed by atoms with Crippen LogP contribution in [-0.4, -0.2) is 49.2 Å². The number of guanidine groups is 1. The van der Waals surface area contributed by atoms with E-state index in [1.165, 1.54) is 5.69 Å². The zero-order valence-electron chi connectivity index (χ0n) is 14.7. The summed E-state index contributed by atoms with van der Waals surface area (Å²) in [5, 5.41) is 8.15. The topological polar surface area (TPSA) is 56.9 Å². The van der Waals surface area contributed by atoms with E-state index in [0.717, 1.165) is 55.0 Å². The molecule has 0 aliphatic carbocycles. The predicted molar refractivity (Wildman–Crippen MR) is 101 cm³/mol. The molecule has 3 rings (SSSR count). The summed E-state index contributed by atoms with van der Waals surface area (Å²) in [7, 11) is 1.81. The third-order valence-electron chi connectivity index (χ3n) is 4.36. The van der Waals surface area contributed by atoms with Gasteiger partial charge in [-0.1, -0.05) is 29.7 Å². The molecule has 1 aromatic carbocycles. The minimum Gasteiger partial charge on any atom is -0.368 e. The van der Waals surface area contributed by atoms with Gasteiger partial charge in [0, 0.05) is 50.0 Å². The fourth-order valence-corrected chi connectivity index (χ4v) is 3.14. The van der Waals surface area contributed by atoms with Crippen LogP contribution in [-0.2, 0) is 13.0 Å². The molecule has 1 aliphatic heterocycles. The Bertz CT molecular complexity index is 722. The number of nitrogens with one attached hydrogen (secondary N) is 1. The lowest BCUT2D eigenvalue weighted by Crippen LogP contribution is -2.52. The van der Waals surface area contributed by atoms with Gasteiger partial charge in [0.05, 0.1) is 12.2 Å². The van der Waals surface area contributed by atoms with Crippen molar-refractivity contribution >= 4 is 23.2 Å². The maximum absolute atomic E-state index is 6.10. The van der Waals surface area contributed by atoms with E-state index in [-0.39, 0.29) is 0 Å². The highest BCUT2D eigenvalue weighted by molar-refractivity contribution is 6.30. The third kappa shape index (κ3) is 4.45. The van der Waals surface area contributed by atoms with Gasteiger partial charge in [-0.15, -0.1) is 0 Å².